The highest BCUT2D eigenvalue weighted by Gasteiger charge is 2.12. The first-order valence-corrected chi connectivity index (χ1v) is 5.86. The molecule has 6 heteroatoms. The van der Waals surface area contributed by atoms with E-state index < -0.39 is 5.91 Å². The zero-order valence-corrected chi connectivity index (χ0v) is 10.8. The van der Waals surface area contributed by atoms with Gasteiger partial charge >= 0.3 is 0 Å². The van der Waals surface area contributed by atoms with Gasteiger partial charge in [-0.1, -0.05) is 15.9 Å². The van der Waals surface area contributed by atoms with E-state index in [1.165, 1.54) is 24.5 Å². The summed E-state index contributed by atoms with van der Waals surface area (Å²) in [5.74, 6) is -0.532. The van der Waals surface area contributed by atoms with Crippen LogP contribution in [0.3, 0.4) is 0 Å². The number of phenols is 1. The van der Waals surface area contributed by atoms with Crippen LogP contribution in [0.5, 0.6) is 5.75 Å². The van der Waals surface area contributed by atoms with Crippen LogP contribution in [0.15, 0.2) is 41.1 Å². The molecule has 5 nitrogen and oxygen atoms in total. The summed E-state index contributed by atoms with van der Waals surface area (Å²) in [5, 5.41) is 12.2. The van der Waals surface area contributed by atoms with Crippen LogP contribution in [-0.2, 0) is 0 Å². The van der Waals surface area contributed by atoms with E-state index in [4.69, 9.17) is 5.73 Å². The Morgan fingerprint density at radius 1 is 1.39 bits per heavy atom. The zero-order valence-electron chi connectivity index (χ0n) is 9.22. The molecule has 0 unspecified atom stereocenters. The van der Waals surface area contributed by atoms with Crippen LogP contribution < -0.4 is 11.1 Å². The first kappa shape index (κ1) is 12.4. The van der Waals surface area contributed by atoms with E-state index in [-0.39, 0.29) is 11.3 Å². The number of aromatic hydroxyl groups is 1. The fourth-order valence-corrected chi connectivity index (χ4v) is 1.76. The van der Waals surface area contributed by atoms with Gasteiger partial charge in [0.05, 0.1) is 23.1 Å². The summed E-state index contributed by atoms with van der Waals surface area (Å²) in [5.41, 5.74) is 6.65. The minimum Gasteiger partial charge on any atom is -0.507 e. The maximum absolute atomic E-state index is 12.0. The number of nitrogen functional groups attached to an aromatic ring is 1. The molecule has 1 aromatic heterocycles. The Balaban J connectivity index is 2.28. The number of nitrogens with one attached hydrogen (secondary N) is 1. The Labute approximate surface area is 112 Å². The number of aromatic nitrogens is 1. The van der Waals surface area contributed by atoms with Gasteiger partial charge in [0.25, 0.3) is 5.91 Å². The third-order valence-electron chi connectivity index (χ3n) is 2.30. The Kier molecular flexibility index (Phi) is 3.47. The molecule has 0 fully saturated rings. The molecule has 1 aromatic carbocycles. The topological polar surface area (TPSA) is 88.2 Å². The fourth-order valence-electron chi connectivity index (χ4n) is 1.40. The quantitative estimate of drug-likeness (QED) is 0.795. The third-order valence-corrected chi connectivity index (χ3v) is 2.80. The molecule has 4 N–H and O–H groups in total. The highest BCUT2D eigenvalue weighted by molar-refractivity contribution is 9.10. The van der Waals surface area contributed by atoms with Gasteiger partial charge in [0.1, 0.15) is 5.75 Å². The molecule has 0 bridgehead atoms. The molecule has 0 saturated heterocycles. The van der Waals surface area contributed by atoms with Gasteiger partial charge in [-0.3, -0.25) is 9.78 Å². The molecule has 0 aliphatic heterocycles. The molecule has 2 aromatic rings. The normalized spacial score (nSPS) is 10.1. The summed E-state index contributed by atoms with van der Waals surface area (Å²) in [6, 6.07) is 6.20. The van der Waals surface area contributed by atoms with Crippen LogP contribution in [-0.4, -0.2) is 16.0 Å². The maximum atomic E-state index is 12.0. The lowest BCUT2D eigenvalue weighted by Crippen LogP contribution is -2.13. The number of pyridine rings is 1. The number of halogens is 1. The largest absolute Gasteiger partial charge is 0.507 e. The van der Waals surface area contributed by atoms with Crippen molar-refractivity contribution in [1.29, 1.82) is 0 Å². The van der Waals surface area contributed by atoms with Crippen molar-refractivity contribution in [3.05, 3.63) is 46.7 Å². The van der Waals surface area contributed by atoms with Crippen LogP contribution in [0.2, 0.25) is 0 Å². The van der Waals surface area contributed by atoms with E-state index in [1.54, 1.807) is 12.1 Å². The van der Waals surface area contributed by atoms with Crippen molar-refractivity contribution in [3.8, 4) is 5.75 Å². The molecule has 0 radical (unpaired) electrons. The van der Waals surface area contributed by atoms with Crippen LogP contribution in [0, 0.1) is 0 Å². The maximum Gasteiger partial charge on any atom is 0.259 e. The second-order valence-electron chi connectivity index (χ2n) is 3.58. The van der Waals surface area contributed by atoms with E-state index in [0.717, 1.165) is 0 Å². The Morgan fingerprint density at radius 3 is 2.89 bits per heavy atom. The molecular formula is C12H10BrN3O2. The van der Waals surface area contributed by atoms with Crippen molar-refractivity contribution in [2.24, 2.45) is 0 Å². The molecule has 2 rings (SSSR count). The third kappa shape index (κ3) is 2.60. The van der Waals surface area contributed by atoms with Gasteiger partial charge in [-0.05, 0) is 24.3 Å². The molecule has 92 valence electrons. The first-order chi connectivity index (χ1) is 8.58. The second kappa shape index (κ2) is 5.05. The number of phenolic OH excluding ortho intramolecular Hbond substituents is 1. The molecule has 1 heterocycles. The highest BCUT2D eigenvalue weighted by Crippen LogP contribution is 2.24. The SMILES string of the molecule is Nc1cnccc1NC(=O)c1cc(Br)ccc1O. The minimum absolute atomic E-state index is 0.0941. The summed E-state index contributed by atoms with van der Waals surface area (Å²) in [7, 11) is 0. The first-order valence-electron chi connectivity index (χ1n) is 5.07. The predicted octanol–water partition coefficient (Wildman–Crippen LogP) is 2.38. The van der Waals surface area contributed by atoms with Crippen LogP contribution in [0.4, 0.5) is 11.4 Å². The molecule has 18 heavy (non-hydrogen) atoms. The van der Waals surface area contributed by atoms with Crippen molar-refractivity contribution >= 4 is 33.2 Å². The monoisotopic (exact) mass is 307 g/mol. The van der Waals surface area contributed by atoms with Crippen molar-refractivity contribution in [1.82, 2.24) is 4.98 Å². The summed E-state index contributed by atoms with van der Waals surface area (Å²) in [6.45, 7) is 0. The number of benzene rings is 1. The Hall–Kier alpha value is -2.08. The lowest BCUT2D eigenvalue weighted by Gasteiger charge is -2.08. The molecule has 0 atom stereocenters. The van der Waals surface area contributed by atoms with Gasteiger partial charge in [-0.15, -0.1) is 0 Å². The van der Waals surface area contributed by atoms with E-state index in [9.17, 15) is 9.90 Å². The van der Waals surface area contributed by atoms with Gasteiger partial charge in [0.2, 0.25) is 0 Å². The molecule has 0 aliphatic carbocycles. The highest BCUT2D eigenvalue weighted by atomic mass is 79.9. The summed E-state index contributed by atoms with van der Waals surface area (Å²) >= 11 is 3.24. The lowest BCUT2D eigenvalue weighted by molar-refractivity contribution is 0.102. The van der Waals surface area contributed by atoms with Gasteiger partial charge in [0.15, 0.2) is 0 Å². The zero-order chi connectivity index (χ0) is 13.1. The van der Waals surface area contributed by atoms with E-state index >= 15 is 0 Å². The standard InChI is InChI=1S/C12H10BrN3O2/c13-7-1-2-11(17)8(5-7)12(18)16-10-3-4-15-6-9(10)14/h1-6,17H,14H2,(H,15,16,18). The van der Waals surface area contributed by atoms with Crippen LogP contribution >= 0.6 is 15.9 Å². The van der Waals surface area contributed by atoms with E-state index in [0.29, 0.717) is 15.8 Å². The lowest BCUT2D eigenvalue weighted by atomic mass is 10.2. The van der Waals surface area contributed by atoms with Crippen molar-refractivity contribution in [2.75, 3.05) is 11.1 Å². The number of anilines is 2. The number of nitrogens with two attached hydrogens (primary N) is 1. The van der Waals surface area contributed by atoms with Crippen molar-refractivity contribution in [3.63, 3.8) is 0 Å². The number of nitrogens with zero attached hydrogens (tertiary/aromatic N) is 1. The fraction of sp³-hybridized carbons (Fsp3) is 0. The molecule has 0 aliphatic rings. The Bertz CT molecular complexity index is 602. The van der Waals surface area contributed by atoms with Crippen LogP contribution in [0.25, 0.3) is 0 Å². The number of carbonyl (C=O) groups is 1. The molecule has 0 spiro atoms. The number of carbonyl (C=O) groups excluding carboxylic acids is 1. The number of hydrogen-bond acceptors (Lipinski definition) is 4. The van der Waals surface area contributed by atoms with Crippen molar-refractivity contribution in [2.45, 2.75) is 0 Å². The second-order valence-corrected chi connectivity index (χ2v) is 4.49. The number of rotatable bonds is 2. The van der Waals surface area contributed by atoms with E-state index in [1.807, 2.05) is 0 Å². The van der Waals surface area contributed by atoms with Gasteiger partial charge in [-0.25, -0.2) is 0 Å². The molecular weight excluding hydrogens is 298 g/mol. The van der Waals surface area contributed by atoms with Gasteiger partial charge < -0.3 is 16.2 Å². The predicted molar refractivity (Wildman–Crippen MR) is 72.4 cm³/mol. The molecule has 0 saturated carbocycles. The number of hydrogen-bond donors (Lipinski definition) is 3. The summed E-state index contributed by atoms with van der Waals surface area (Å²) < 4.78 is 0.702. The average molecular weight is 308 g/mol. The van der Waals surface area contributed by atoms with Crippen LogP contribution in [0.1, 0.15) is 10.4 Å². The summed E-state index contributed by atoms with van der Waals surface area (Å²) in [4.78, 5) is 15.8. The van der Waals surface area contributed by atoms with Gasteiger partial charge in [0, 0.05) is 10.7 Å². The summed E-state index contributed by atoms with van der Waals surface area (Å²) in [6.07, 6.45) is 2.96. The number of amides is 1. The molecule has 1 amide bonds. The van der Waals surface area contributed by atoms with Gasteiger partial charge in [-0.2, -0.15) is 0 Å². The average Bonchev–Trinajstić information content (AvgIpc) is 2.35. The smallest absolute Gasteiger partial charge is 0.259 e. The Morgan fingerprint density at radius 2 is 2.17 bits per heavy atom. The van der Waals surface area contributed by atoms with E-state index in [2.05, 4.69) is 26.2 Å². The van der Waals surface area contributed by atoms with Crippen molar-refractivity contribution < 1.29 is 9.90 Å². The minimum atomic E-state index is -0.438.